The zero-order chi connectivity index (χ0) is 13.0. The van der Waals surface area contributed by atoms with Crippen LogP contribution in [0.5, 0.6) is 5.75 Å². The third kappa shape index (κ3) is 3.09. The molecule has 0 amide bonds. The monoisotopic (exact) mass is 268 g/mol. The van der Waals surface area contributed by atoms with Crippen LogP contribution < -0.4 is 15.0 Å². The highest BCUT2D eigenvalue weighted by atomic mass is 35.5. The number of hydrogen-bond acceptors (Lipinski definition) is 3. The fraction of sp³-hybridized carbons (Fsp3) is 0.571. The van der Waals surface area contributed by atoms with Crippen LogP contribution in [0, 0.1) is 0 Å². The van der Waals surface area contributed by atoms with E-state index in [1.54, 1.807) is 7.11 Å². The molecule has 0 saturated carbocycles. The van der Waals surface area contributed by atoms with Gasteiger partial charge < -0.3 is 15.0 Å². The minimum Gasteiger partial charge on any atom is -0.497 e. The summed E-state index contributed by atoms with van der Waals surface area (Å²) in [6.45, 7) is 5.34. The molecule has 100 valence electrons. The summed E-state index contributed by atoms with van der Waals surface area (Å²) >= 11 is 6.31. The second-order valence-electron chi connectivity index (χ2n) is 4.68. The van der Waals surface area contributed by atoms with Crippen molar-refractivity contribution in [1.29, 1.82) is 0 Å². The van der Waals surface area contributed by atoms with Crippen molar-refractivity contribution in [2.24, 2.45) is 0 Å². The Bertz CT molecular complexity index is 397. The Morgan fingerprint density at radius 3 is 3.06 bits per heavy atom. The van der Waals surface area contributed by atoms with E-state index < -0.39 is 0 Å². The first-order valence-corrected chi connectivity index (χ1v) is 6.94. The molecule has 0 radical (unpaired) electrons. The number of rotatable bonds is 3. The van der Waals surface area contributed by atoms with E-state index in [1.807, 2.05) is 18.2 Å². The summed E-state index contributed by atoms with van der Waals surface area (Å²) < 4.78 is 5.28. The molecular weight excluding hydrogens is 248 g/mol. The van der Waals surface area contributed by atoms with E-state index in [2.05, 4.69) is 17.1 Å². The molecule has 0 aliphatic carbocycles. The summed E-state index contributed by atoms with van der Waals surface area (Å²) in [6.07, 6.45) is 2.28. The number of ether oxygens (including phenoxy) is 1. The molecule has 1 aromatic rings. The third-order valence-electron chi connectivity index (χ3n) is 3.47. The van der Waals surface area contributed by atoms with Gasteiger partial charge in [-0.25, -0.2) is 0 Å². The third-order valence-corrected chi connectivity index (χ3v) is 3.78. The Balaban J connectivity index is 2.22. The van der Waals surface area contributed by atoms with Gasteiger partial charge in [-0.1, -0.05) is 18.5 Å². The second kappa shape index (κ2) is 6.30. The van der Waals surface area contributed by atoms with Gasteiger partial charge in [0, 0.05) is 25.2 Å². The minimum atomic E-state index is 0.537. The number of methoxy groups -OCH3 is 1. The second-order valence-corrected chi connectivity index (χ2v) is 5.08. The topological polar surface area (TPSA) is 24.5 Å². The van der Waals surface area contributed by atoms with Gasteiger partial charge in [0.25, 0.3) is 0 Å². The Morgan fingerprint density at radius 2 is 2.33 bits per heavy atom. The first-order chi connectivity index (χ1) is 8.74. The maximum Gasteiger partial charge on any atom is 0.121 e. The number of hydrogen-bond donors (Lipinski definition) is 1. The standard InChI is InChI=1S/C14H21ClN2O/c1-3-11-10-17(8-4-7-16-11)14-9-12(18-2)5-6-13(14)15/h5-6,9,11,16H,3-4,7-8,10H2,1-2H3. The molecular formula is C14H21ClN2O. The maximum atomic E-state index is 6.31. The molecule has 4 heteroatoms. The Labute approximate surface area is 114 Å². The van der Waals surface area contributed by atoms with Crippen LogP contribution in [-0.2, 0) is 0 Å². The zero-order valence-electron chi connectivity index (χ0n) is 11.1. The molecule has 1 saturated heterocycles. The fourth-order valence-electron chi connectivity index (χ4n) is 2.35. The van der Waals surface area contributed by atoms with E-state index in [0.717, 1.165) is 48.9 Å². The number of benzene rings is 1. The SMILES string of the molecule is CCC1CN(c2cc(OC)ccc2Cl)CCCN1. The van der Waals surface area contributed by atoms with E-state index in [0.29, 0.717) is 6.04 Å². The lowest BCUT2D eigenvalue weighted by atomic mass is 10.2. The molecule has 1 aliphatic heterocycles. The smallest absolute Gasteiger partial charge is 0.121 e. The highest BCUT2D eigenvalue weighted by molar-refractivity contribution is 6.33. The van der Waals surface area contributed by atoms with Crippen molar-refractivity contribution < 1.29 is 4.74 Å². The summed E-state index contributed by atoms with van der Waals surface area (Å²) in [5.41, 5.74) is 1.08. The molecule has 1 unspecified atom stereocenters. The van der Waals surface area contributed by atoms with Crippen molar-refractivity contribution >= 4 is 17.3 Å². The van der Waals surface area contributed by atoms with E-state index >= 15 is 0 Å². The van der Waals surface area contributed by atoms with Crippen LogP contribution in [0.15, 0.2) is 18.2 Å². The van der Waals surface area contributed by atoms with E-state index in [9.17, 15) is 0 Å². The van der Waals surface area contributed by atoms with Crippen LogP contribution >= 0.6 is 11.6 Å². The summed E-state index contributed by atoms with van der Waals surface area (Å²) in [4.78, 5) is 2.36. The highest BCUT2D eigenvalue weighted by Crippen LogP contribution is 2.30. The highest BCUT2D eigenvalue weighted by Gasteiger charge is 2.18. The van der Waals surface area contributed by atoms with Crippen LogP contribution in [0.2, 0.25) is 5.02 Å². The number of anilines is 1. The van der Waals surface area contributed by atoms with Crippen molar-refractivity contribution in [2.45, 2.75) is 25.8 Å². The zero-order valence-corrected chi connectivity index (χ0v) is 11.8. The molecule has 3 nitrogen and oxygen atoms in total. The summed E-state index contributed by atoms with van der Waals surface area (Å²) in [5, 5.41) is 4.36. The molecule has 0 aromatic heterocycles. The summed E-state index contributed by atoms with van der Waals surface area (Å²) in [7, 11) is 1.69. The van der Waals surface area contributed by atoms with Crippen LogP contribution in [0.3, 0.4) is 0 Å². The van der Waals surface area contributed by atoms with Crippen LogP contribution in [0.4, 0.5) is 5.69 Å². The van der Waals surface area contributed by atoms with Crippen molar-refractivity contribution in [1.82, 2.24) is 5.32 Å². The van der Waals surface area contributed by atoms with Gasteiger partial charge in [-0.15, -0.1) is 0 Å². The lowest BCUT2D eigenvalue weighted by molar-refractivity contribution is 0.414. The van der Waals surface area contributed by atoms with Gasteiger partial charge in [0.2, 0.25) is 0 Å². The first-order valence-electron chi connectivity index (χ1n) is 6.56. The summed E-state index contributed by atoms with van der Waals surface area (Å²) in [6, 6.07) is 6.38. The molecule has 1 fully saturated rings. The van der Waals surface area contributed by atoms with Crippen LogP contribution in [-0.4, -0.2) is 32.8 Å². The molecule has 2 rings (SSSR count). The van der Waals surface area contributed by atoms with Gasteiger partial charge in [0.15, 0.2) is 0 Å². The average Bonchev–Trinajstić information content (AvgIpc) is 2.64. The lowest BCUT2D eigenvalue weighted by Crippen LogP contribution is -2.37. The van der Waals surface area contributed by atoms with Gasteiger partial charge in [-0.05, 0) is 31.5 Å². The molecule has 0 spiro atoms. The molecule has 18 heavy (non-hydrogen) atoms. The maximum absolute atomic E-state index is 6.31. The molecule has 1 aromatic carbocycles. The first kappa shape index (κ1) is 13.5. The lowest BCUT2D eigenvalue weighted by Gasteiger charge is -2.27. The van der Waals surface area contributed by atoms with Crippen molar-refractivity contribution in [3.05, 3.63) is 23.2 Å². The Morgan fingerprint density at radius 1 is 1.50 bits per heavy atom. The van der Waals surface area contributed by atoms with E-state index in [4.69, 9.17) is 16.3 Å². The van der Waals surface area contributed by atoms with Crippen molar-refractivity contribution in [3.63, 3.8) is 0 Å². The van der Waals surface area contributed by atoms with Gasteiger partial charge in [-0.3, -0.25) is 0 Å². The number of nitrogens with zero attached hydrogens (tertiary/aromatic N) is 1. The predicted octanol–water partition coefficient (Wildman–Crippen LogP) is 2.93. The molecule has 0 bridgehead atoms. The largest absolute Gasteiger partial charge is 0.497 e. The quantitative estimate of drug-likeness (QED) is 0.912. The van der Waals surface area contributed by atoms with Crippen LogP contribution in [0.25, 0.3) is 0 Å². The van der Waals surface area contributed by atoms with Gasteiger partial charge in [-0.2, -0.15) is 0 Å². The number of nitrogens with one attached hydrogen (secondary N) is 1. The van der Waals surface area contributed by atoms with E-state index in [1.165, 1.54) is 0 Å². The van der Waals surface area contributed by atoms with E-state index in [-0.39, 0.29) is 0 Å². The Hall–Kier alpha value is -0.930. The molecule has 1 aliphatic rings. The summed E-state index contributed by atoms with van der Waals surface area (Å²) in [5.74, 6) is 0.861. The van der Waals surface area contributed by atoms with Crippen LogP contribution in [0.1, 0.15) is 19.8 Å². The van der Waals surface area contributed by atoms with Crippen molar-refractivity contribution in [3.8, 4) is 5.75 Å². The predicted molar refractivity (Wildman–Crippen MR) is 76.9 cm³/mol. The number of halogens is 1. The molecule has 1 atom stereocenters. The van der Waals surface area contributed by atoms with Crippen molar-refractivity contribution in [2.75, 3.05) is 31.6 Å². The Kier molecular flexibility index (Phi) is 4.72. The normalized spacial score (nSPS) is 20.6. The van der Waals surface area contributed by atoms with Gasteiger partial charge >= 0.3 is 0 Å². The van der Waals surface area contributed by atoms with Gasteiger partial charge in [0.1, 0.15) is 5.75 Å². The van der Waals surface area contributed by atoms with Gasteiger partial charge in [0.05, 0.1) is 17.8 Å². The fourth-order valence-corrected chi connectivity index (χ4v) is 2.59. The molecule has 1 heterocycles. The average molecular weight is 269 g/mol. The molecule has 1 N–H and O–H groups in total. The minimum absolute atomic E-state index is 0.537.